The van der Waals surface area contributed by atoms with Crippen LogP contribution >= 0.6 is 0 Å². The summed E-state index contributed by atoms with van der Waals surface area (Å²) in [6.07, 6.45) is 2.65. The molecule has 2 aromatic rings. The molecule has 1 aromatic carbocycles. The van der Waals surface area contributed by atoms with E-state index in [0.717, 1.165) is 18.7 Å². The summed E-state index contributed by atoms with van der Waals surface area (Å²) in [7, 11) is 0. The molecule has 6 heteroatoms. The smallest absolute Gasteiger partial charge is 0.338 e. The van der Waals surface area contributed by atoms with Gasteiger partial charge in [0.1, 0.15) is 5.69 Å². The van der Waals surface area contributed by atoms with E-state index in [-0.39, 0.29) is 11.9 Å². The number of carbonyl (C=O) groups excluding carboxylic acids is 2. The average Bonchev–Trinajstić information content (AvgIpc) is 2.61. The summed E-state index contributed by atoms with van der Waals surface area (Å²) in [6, 6.07) is 10.0. The fourth-order valence-corrected chi connectivity index (χ4v) is 2.00. The summed E-state index contributed by atoms with van der Waals surface area (Å²) in [6.45, 7) is 5.02. The van der Waals surface area contributed by atoms with Gasteiger partial charge in [0.05, 0.1) is 24.1 Å². The van der Waals surface area contributed by atoms with Gasteiger partial charge in [-0.15, -0.1) is 0 Å². The fraction of sp³-hybridized carbons (Fsp3) is 0.278. The molecule has 2 rings (SSSR count). The first-order chi connectivity index (χ1) is 11.6. The number of amides is 1. The number of pyridine rings is 1. The van der Waals surface area contributed by atoms with E-state index in [4.69, 9.17) is 4.74 Å². The first-order valence-electron chi connectivity index (χ1n) is 7.92. The van der Waals surface area contributed by atoms with E-state index in [2.05, 4.69) is 22.5 Å². The van der Waals surface area contributed by atoms with Crippen molar-refractivity contribution in [1.29, 1.82) is 0 Å². The van der Waals surface area contributed by atoms with Gasteiger partial charge < -0.3 is 15.4 Å². The summed E-state index contributed by atoms with van der Waals surface area (Å²) < 4.78 is 4.92. The Kier molecular flexibility index (Phi) is 6.31. The van der Waals surface area contributed by atoms with Crippen molar-refractivity contribution in [2.45, 2.75) is 20.3 Å². The van der Waals surface area contributed by atoms with Crippen LogP contribution in [0.25, 0.3) is 0 Å². The summed E-state index contributed by atoms with van der Waals surface area (Å²) in [5.41, 5.74) is 2.24. The molecule has 126 valence electrons. The minimum absolute atomic E-state index is 0.305. The van der Waals surface area contributed by atoms with Crippen LogP contribution in [0.15, 0.2) is 42.6 Å². The van der Waals surface area contributed by atoms with E-state index in [1.54, 1.807) is 43.5 Å². The molecule has 0 spiro atoms. The van der Waals surface area contributed by atoms with E-state index in [1.165, 1.54) is 0 Å². The Hall–Kier alpha value is -2.89. The van der Waals surface area contributed by atoms with Crippen LogP contribution in [0, 0.1) is 0 Å². The van der Waals surface area contributed by atoms with Crippen molar-refractivity contribution in [2.75, 3.05) is 23.8 Å². The molecular weight excluding hydrogens is 306 g/mol. The highest BCUT2D eigenvalue weighted by Crippen LogP contribution is 2.13. The Labute approximate surface area is 141 Å². The van der Waals surface area contributed by atoms with Crippen molar-refractivity contribution in [3.8, 4) is 0 Å². The lowest BCUT2D eigenvalue weighted by Gasteiger charge is -2.07. The van der Waals surface area contributed by atoms with E-state index in [1.807, 2.05) is 6.07 Å². The van der Waals surface area contributed by atoms with E-state index >= 15 is 0 Å². The fourth-order valence-electron chi connectivity index (χ4n) is 2.00. The van der Waals surface area contributed by atoms with Crippen LogP contribution in [0.1, 0.15) is 41.1 Å². The predicted molar refractivity (Wildman–Crippen MR) is 93.4 cm³/mol. The Morgan fingerprint density at radius 1 is 1.04 bits per heavy atom. The van der Waals surface area contributed by atoms with Crippen molar-refractivity contribution in [3.63, 3.8) is 0 Å². The van der Waals surface area contributed by atoms with Crippen molar-refractivity contribution in [3.05, 3.63) is 53.9 Å². The molecule has 1 heterocycles. The second kappa shape index (κ2) is 8.67. The van der Waals surface area contributed by atoms with Gasteiger partial charge in [-0.3, -0.25) is 4.79 Å². The zero-order valence-corrected chi connectivity index (χ0v) is 13.8. The van der Waals surface area contributed by atoms with Gasteiger partial charge in [0.25, 0.3) is 5.91 Å². The lowest BCUT2D eigenvalue weighted by molar-refractivity contribution is 0.0526. The number of aromatic nitrogens is 1. The molecule has 1 amide bonds. The molecule has 0 bridgehead atoms. The highest BCUT2D eigenvalue weighted by molar-refractivity contribution is 6.03. The van der Waals surface area contributed by atoms with Crippen molar-refractivity contribution in [1.82, 2.24) is 4.98 Å². The molecule has 0 radical (unpaired) electrons. The molecule has 0 aliphatic heterocycles. The molecule has 0 unspecified atom stereocenters. The molecule has 0 fully saturated rings. The maximum Gasteiger partial charge on any atom is 0.338 e. The second-order valence-electron chi connectivity index (χ2n) is 5.11. The lowest BCUT2D eigenvalue weighted by Crippen LogP contribution is -2.14. The molecule has 0 aliphatic carbocycles. The van der Waals surface area contributed by atoms with Gasteiger partial charge in [-0.2, -0.15) is 0 Å². The maximum atomic E-state index is 12.2. The topological polar surface area (TPSA) is 80.3 Å². The zero-order valence-electron chi connectivity index (χ0n) is 13.8. The number of benzene rings is 1. The van der Waals surface area contributed by atoms with Crippen LogP contribution in [-0.4, -0.2) is 30.0 Å². The number of hydrogen-bond acceptors (Lipinski definition) is 5. The highest BCUT2D eigenvalue weighted by atomic mass is 16.5. The number of ether oxygens (including phenoxy) is 1. The number of carbonyl (C=O) groups is 2. The first-order valence-corrected chi connectivity index (χ1v) is 7.92. The van der Waals surface area contributed by atoms with Crippen LogP contribution in [0.3, 0.4) is 0 Å². The standard InChI is InChI=1S/C18H21N3O3/c1-3-11-19-15-9-10-16(20-12-15)17(22)21-14-7-5-13(6-8-14)18(23)24-4-2/h5-10,12,19H,3-4,11H2,1-2H3,(H,21,22). The molecule has 6 nitrogen and oxygen atoms in total. The molecule has 24 heavy (non-hydrogen) atoms. The van der Waals surface area contributed by atoms with Crippen LogP contribution in [0.4, 0.5) is 11.4 Å². The van der Waals surface area contributed by atoms with Gasteiger partial charge in [0, 0.05) is 12.2 Å². The minimum atomic E-state index is -0.382. The van der Waals surface area contributed by atoms with E-state index in [0.29, 0.717) is 23.6 Å². The van der Waals surface area contributed by atoms with Crippen LogP contribution < -0.4 is 10.6 Å². The Balaban J connectivity index is 1.97. The number of esters is 1. The zero-order chi connectivity index (χ0) is 17.4. The van der Waals surface area contributed by atoms with Gasteiger partial charge in [-0.1, -0.05) is 6.92 Å². The van der Waals surface area contributed by atoms with Crippen LogP contribution in [-0.2, 0) is 4.74 Å². The van der Waals surface area contributed by atoms with Crippen LogP contribution in [0.2, 0.25) is 0 Å². The third kappa shape index (κ3) is 4.81. The van der Waals surface area contributed by atoms with Crippen LogP contribution in [0.5, 0.6) is 0 Å². The van der Waals surface area contributed by atoms with Gasteiger partial charge >= 0.3 is 5.97 Å². The summed E-state index contributed by atoms with van der Waals surface area (Å²) in [5.74, 6) is -0.687. The molecule has 0 atom stereocenters. The molecular formula is C18H21N3O3. The van der Waals surface area contributed by atoms with Crippen molar-refractivity contribution < 1.29 is 14.3 Å². The summed E-state index contributed by atoms with van der Waals surface area (Å²) in [4.78, 5) is 27.9. The second-order valence-corrected chi connectivity index (χ2v) is 5.11. The van der Waals surface area contributed by atoms with Gasteiger partial charge in [-0.25, -0.2) is 9.78 Å². The summed E-state index contributed by atoms with van der Waals surface area (Å²) >= 11 is 0. The van der Waals surface area contributed by atoms with Crippen molar-refractivity contribution >= 4 is 23.3 Å². The predicted octanol–water partition coefficient (Wildman–Crippen LogP) is 3.33. The number of anilines is 2. The Bertz CT molecular complexity index is 682. The molecule has 0 aliphatic rings. The number of hydrogen-bond donors (Lipinski definition) is 2. The quantitative estimate of drug-likeness (QED) is 0.762. The third-order valence-corrected chi connectivity index (χ3v) is 3.23. The number of nitrogens with one attached hydrogen (secondary N) is 2. The normalized spacial score (nSPS) is 10.1. The van der Waals surface area contributed by atoms with E-state index in [9.17, 15) is 9.59 Å². The highest BCUT2D eigenvalue weighted by Gasteiger charge is 2.09. The summed E-state index contributed by atoms with van der Waals surface area (Å²) in [5, 5.41) is 5.94. The van der Waals surface area contributed by atoms with E-state index < -0.39 is 0 Å². The Morgan fingerprint density at radius 2 is 1.75 bits per heavy atom. The molecule has 0 saturated heterocycles. The van der Waals surface area contributed by atoms with Gasteiger partial charge in [0.2, 0.25) is 0 Å². The number of rotatable bonds is 7. The SMILES string of the molecule is CCCNc1ccc(C(=O)Nc2ccc(C(=O)OCC)cc2)nc1. The molecule has 1 aromatic heterocycles. The number of nitrogens with zero attached hydrogens (tertiary/aromatic N) is 1. The van der Waals surface area contributed by atoms with Gasteiger partial charge in [-0.05, 0) is 49.7 Å². The lowest BCUT2D eigenvalue weighted by atomic mass is 10.2. The average molecular weight is 327 g/mol. The first kappa shape index (κ1) is 17.5. The Morgan fingerprint density at radius 3 is 2.33 bits per heavy atom. The largest absolute Gasteiger partial charge is 0.462 e. The minimum Gasteiger partial charge on any atom is -0.462 e. The van der Waals surface area contributed by atoms with Gasteiger partial charge in [0.15, 0.2) is 0 Å². The molecule has 0 saturated carbocycles. The third-order valence-electron chi connectivity index (χ3n) is 3.23. The monoisotopic (exact) mass is 327 g/mol. The molecule has 2 N–H and O–H groups in total. The maximum absolute atomic E-state index is 12.2. The van der Waals surface area contributed by atoms with Crippen molar-refractivity contribution in [2.24, 2.45) is 0 Å².